The summed E-state index contributed by atoms with van der Waals surface area (Å²) in [5, 5.41) is 12.3. The number of carbonyl (C=O) groups is 1. The van der Waals surface area contributed by atoms with Crippen molar-refractivity contribution >= 4 is 22.4 Å². The molecule has 28 heavy (non-hydrogen) atoms. The quantitative estimate of drug-likeness (QED) is 0.489. The Morgan fingerprint density at radius 1 is 0.964 bits per heavy atom. The Hall–Kier alpha value is -3.32. The highest BCUT2D eigenvalue weighted by Gasteiger charge is 2.11. The highest BCUT2D eigenvalue weighted by molar-refractivity contribution is 7.18. The Morgan fingerprint density at radius 3 is 2.43 bits per heavy atom. The maximum Gasteiger partial charge on any atom is 0.226 e. The van der Waals surface area contributed by atoms with Crippen LogP contribution in [0.5, 0.6) is 0 Å². The van der Waals surface area contributed by atoms with Crippen molar-refractivity contribution in [1.82, 2.24) is 15.2 Å². The molecule has 0 radical (unpaired) electrons. The topological polar surface area (TPSA) is 80.9 Å². The fourth-order valence-corrected chi connectivity index (χ4v) is 3.48. The molecule has 0 atom stereocenters. The number of nitrogens with zero attached hydrogens (tertiary/aromatic N) is 3. The van der Waals surface area contributed by atoms with Gasteiger partial charge >= 0.3 is 0 Å². The fraction of sp³-hybridized carbons (Fsp3) is 0.143. The number of aromatic nitrogens is 3. The van der Waals surface area contributed by atoms with Gasteiger partial charge in [0.15, 0.2) is 11.7 Å². The number of carbonyl (C=O) groups excluding carboxylic acids is 1. The summed E-state index contributed by atoms with van der Waals surface area (Å²) in [6.45, 7) is 0. The first-order valence-corrected chi connectivity index (χ1v) is 9.78. The summed E-state index contributed by atoms with van der Waals surface area (Å²) in [6.07, 6.45) is 3.33. The number of aryl methyl sites for hydroxylation is 1. The summed E-state index contributed by atoms with van der Waals surface area (Å²) in [5.41, 5.74) is 1.98. The minimum Gasteiger partial charge on any atom is -0.441 e. The van der Waals surface area contributed by atoms with E-state index >= 15 is 0 Å². The fourth-order valence-electron chi connectivity index (χ4n) is 2.71. The molecule has 2 heterocycles. The van der Waals surface area contributed by atoms with Crippen molar-refractivity contribution in [3.05, 3.63) is 72.8 Å². The number of amides is 1. The Morgan fingerprint density at radius 2 is 1.68 bits per heavy atom. The lowest BCUT2D eigenvalue weighted by molar-refractivity contribution is -0.116. The van der Waals surface area contributed by atoms with E-state index < -0.39 is 0 Å². The zero-order valence-corrected chi connectivity index (χ0v) is 15.9. The monoisotopic (exact) mass is 390 g/mol. The predicted molar refractivity (Wildman–Crippen MR) is 109 cm³/mol. The molecular formula is C21H18N4O2S. The van der Waals surface area contributed by atoms with Crippen molar-refractivity contribution in [2.45, 2.75) is 19.3 Å². The van der Waals surface area contributed by atoms with Gasteiger partial charge in [-0.1, -0.05) is 72.0 Å². The van der Waals surface area contributed by atoms with Crippen molar-refractivity contribution < 1.29 is 9.21 Å². The Labute approximate surface area is 166 Å². The molecule has 0 spiro atoms. The lowest BCUT2D eigenvalue weighted by Gasteiger charge is -2.00. The third-order valence-electron chi connectivity index (χ3n) is 4.10. The van der Waals surface area contributed by atoms with Gasteiger partial charge in [0.2, 0.25) is 11.0 Å². The van der Waals surface area contributed by atoms with Gasteiger partial charge in [0, 0.05) is 24.0 Å². The van der Waals surface area contributed by atoms with Crippen LogP contribution >= 0.6 is 11.3 Å². The summed E-state index contributed by atoms with van der Waals surface area (Å²) in [6, 6.07) is 19.6. The number of oxazole rings is 1. The molecular weight excluding hydrogens is 372 g/mol. The normalized spacial score (nSPS) is 10.7. The van der Waals surface area contributed by atoms with E-state index in [2.05, 4.69) is 20.5 Å². The van der Waals surface area contributed by atoms with Crippen LogP contribution in [0.15, 0.2) is 71.3 Å². The number of rotatable bonds is 7. The van der Waals surface area contributed by atoms with E-state index in [4.69, 9.17) is 4.42 Å². The van der Waals surface area contributed by atoms with E-state index in [-0.39, 0.29) is 5.91 Å². The van der Waals surface area contributed by atoms with Crippen LogP contribution in [-0.2, 0) is 11.2 Å². The summed E-state index contributed by atoms with van der Waals surface area (Å²) >= 11 is 1.36. The smallest absolute Gasteiger partial charge is 0.226 e. The molecule has 0 aliphatic rings. The van der Waals surface area contributed by atoms with Gasteiger partial charge in [-0.05, 0) is 6.42 Å². The van der Waals surface area contributed by atoms with Gasteiger partial charge in [0.25, 0.3) is 0 Å². The van der Waals surface area contributed by atoms with Crippen LogP contribution in [0.3, 0.4) is 0 Å². The largest absolute Gasteiger partial charge is 0.441 e. The first-order chi connectivity index (χ1) is 13.8. The Bertz CT molecular complexity index is 1040. The van der Waals surface area contributed by atoms with Crippen molar-refractivity contribution in [3.8, 4) is 21.9 Å². The second-order valence-electron chi connectivity index (χ2n) is 6.16. The minimum absolute atomic E-state index is 0.0920. The number of benzene rings is 2. The van der Waals surface area contributed by atoms with E-state index in [1.807, 2.05) is 60.7 Å². The molecule has 0 bridgehead atoms. The Balaban J connectivity index is 1.26. The van der Waals surface area contributed by atoms with E-state index in [0.29, 0.717) is 30.3 Å². The SMILES string of the molecule is O=C(CCCc1ncc(-c2ccccc2)o1)Nc1nnc(-c2ccccc2)s1. The lowest BCUT2D eigenvalue weighted by atomic mass is 10.2. The van der Waals surface area contributed by atoms with E-state index in [9.17, 15) is 4.79 Å². The van der Waals surface area contributed by atoms with Crippen LogP contribution in [0.4, 0.5) is 5.13 Å². The number of hydrogen-bond acceptors (Lipinski definition) is 6. The third-order valence-corrected chi connectivity index (χ3v) is 4.99. The molecule has 140 valence electrons. The molecule has 2 aromatic carbocycles. The van der Waals surface area contributed by atoms with Gasteiger partial charge in [0.05, 0.1) is 6.20 Å². The zero-order chi connectivity index (χ0) is 19.2. The predicted octanol–water partition coefficient (Wildman–Crippen LogP) is 4.82. The van der Waals surface area contributed by atoms with E-state index in [1.54, 1.807) is 6.20 Å². The first-order valence-electron chi connectivity index (χ1n) is 8.97. The molecule has 1 amide bonds. The molecule has 7 heteroatoms. The highest BCUT2D eigenvalue weighted by atomic mass is 32.1. The van der Waals surface area contributed by atoms with Gasteiger partial charge in [-0.15, -0.1) is 10.2 Å². The van der Waals surface area contributed by atoms with Gasteiger partial charge in [-0.25, -0.2) is 4.98 Å². The average molecular weight is 390 g/mol. The maximum absolute atomic E-state index is 12.2. The standard InChI is InChI=1S/C21H18N4O2S/c26-18(23-21-25-24-20(28-21)16-10-5-2-6-11-16)12-7-13-19-22-14-17(27-19)15-8-3-1-4-9-15/h1-6,8-11,14H,7,12-13H2,(H,23,25,26). The molecule has 0 unspecified atom stereocenters. The second-order valence-corrected chi connectivity index (χ2v) is 7.14. The number of anilines is 1. The van der Waals surface area contributed by atoms with Gasteiger partial charge in [-0.2, -0.15) is 0 Å². The third kappa shape index (κ3) is 4.50. The summed E-state index contributed by atoms with van der Waals surface area (Å²) in [5.74, 6) is 1.28. The first kappa shape index (κ1) is 18.1. The van der Waals surface area contributed by atoms with Crippen LogP contribution in [0.2, 0.25) is 0 Å². The van der Waals surface area contributed by atoms with Crippen molar-refractivity contribution in [2.24, 2.45) is 0 Å². The maximum atomic E-state index is 12.2. The lowest BCUT2D eigenvalue weighted by Crippen LogP contribution is -2.11. The molecule has 2 aromatic heterocycles. The molecule has 4 rings (SSSR count). The zero-order valence-electron chi connectivity index (χ0n) is 15.0. The van der Waals surface area contributed by atoms with Gasteiger partial charge < -0.3 is 9.73 Å². The molecule has 0 saturated heterocycles. The molecule has 6 nitrogen and oxygen atoms in total. The van der Waals surface area contributed by atoms with Crippen molar-refractivity contribution in [1.29, 1.82) is 0 Å². The minimum atomic E-state index is -0.0920. The summed E-state index contributed by atoms with van der Waals surface area (Å²) in [4.78, 5) is 16.4. The van der Waals surface area contributed by atoms with Crippen molar-refractivity contribution in [2.75, 3.05) is 5.32 Å². The number of nitrogens with one attached hydrogen (secondary N) is 1. The van der Waals surface area contributed by atoms with Crippen LogP contribution in [0.25, 0.3) is 21.9 Å². The highest BCUT2D eigenvalue weighted by Crippen LogP contribution is 2.26. The summed E-state index contributed by atoms with van der Waals surface area (Å²) < 4.78 is 5.76. The van der Waals surface area contributed by atoms with Crippen LogP contribution in [0.1, 0.15) is 18.7 Å². The molecule has 0 saturated carbocycles. The van der Waals surface area contributed by atoms with Gasteiger partial charge in [-0.3, -0.25) is 4.79 Å². The van der Waals surface area contributed by atoms with Gasteiger partial charge in [0.1, 0.15) is 5.01 Å². The second kappa shape index (κ2) is 8.58. The molecule has 1 N–H and O–H groups in total. The van der Waals surface area contributed by atoms with E-state index in [0.717, 1.165) is 21.9 Å². The summed E-state index contributed by atoms with van der Waals surface area (Å²) in [7, 11) is 0. The molecule has 0 fully saturated rings. The van der Waals surface area contributed by atoms with Crippen molar-refractivity contribution in [3.63, 3.8) is 0 Å². The van der Waals surface area contributed by atoms with Crippen LogP contribution < -0.4 is 5.32 Å². The molecule has 4 aromatic rings. The van der Waals surface area contributed by atoms with Crippen LogP contribution in [0, 0.1) is 0 Å². The molecule has 0 aliphatic heterocycles. The Kier molecular flexibility index (Phi) is 5.53. The number of hydrogen-bond donors (Lipinski definition) is 1. The molecule has 0 aliphatic carbocycles. The van der Waals surface area contributed by atoms with Crippen LogP contribution in [-0.4, -0.2) is 21.1 Å². The average Bonchev–Trinajstić information content (AvgIpc) is 3.39. The van der Waals surface area contributed by atoms with E-state index in [1.165, 1.54) is 11.3 Å².